The molecule has 2 rings (SSSR count). The van der Waals surface area contributed by atoms with Gasteiger partial charge in [-0.3, -0.25) is 4.99 Å². The highest BCUT2D eigenvalue weighted by atomic mass is 32.2. The molecule has 0 saturated carbocycles. The summed E-state index contributed by atoms with van der Waals surface area (Å²) in [6.45, 7) is 3.14. The third-order valence-electron chi connectivity index (χ3n) is 2.44. The van der Waals surface area contributed by atoms with Crippen LogP contribution in [0.2, 0.25) is 0 Å². The Kier molecular flexibility index (Phi) is 3.67. The molecule has 0 aliphatic carbocycles. The first-order valence-corrected chi connectivity index (χ1v) is 6.33. The Morgan fingerprint density at radius 3 is 2.80 bits per heavy atom. The Balaban J connectivity index is 1.97. The van der Waals surface area contributed by atoms with Gasteiger partial charge in [0, 0.05) is 12.3 Å². The molecule has 1 heterocycles. The fourth-order valence-electron chi connectivity index (χ4n) is 1.56. The second-order valence-corrected chi connectivity index (χ2v) is 4.75. The van der Waals surface area contributed by atoms with Crippen LogP contribution in [0.4, 0.5) is 0 Å². The molecule has 0 bridgehead atoms. The molecular formula is C12H16N2S. The Morgan fingerprint density at radius 2 is 2.13 bits per heavy atom. The van der Waals surface area contributed by atoms with Crippen molar-refractivity contribution in [1.29, 1.82) is 0 Å². The van der Waals surface area contributed by atoms with Gasteiger partial charge in [-0.1, -0.05) is 42.1 Å². The molecule has 1 N–H and O–H groups in total. The molecule has 1 atom stereocenters. The van der Waals surface area contributed by atoms with Crippen LogP contribution in [-0.4, -0.2) is 17.5 Å². The number of hydrogen-bond acceptors (Lipinski definition) is 3. The topological polar surface area (TPSA) is 24.4 Å². The van der Waals surface area contributed by atoms with Gasteiger partial charge in [-0.25, -0.2) is 0 Å². The van der Waals surface area contributed by atoms with Gasteiger partial charge >= 0.3 is 0 Å². The highest BCUT2D eigenvalue weighted by Gasteiger charge is 2.10. The second-order valence-electron chi connectivity index (χ2n) is 3.67. The molecule has 1 unspecified atom stereocenters. The lowest BCUT2D eigenvalue weighted by molar-refractivity contribution is 0.718. The van der Waals surface area contributed by atoms with E-state index in [1.54, 1.807) is 0 Å². The number of hydrogen-bond donors (Lipinski definition) is 1. The van der Waals surface area contributed by atoms with E-state index in [2.05, 4.69) is 41.5 Å². The van der Waals surface area contributed by atoms with E-state index in [1.807, 2.05) is 17.8 Å². The summed E-state index contributed by atoms with van der Waals surface area (Å²) in [6.07, 6.45) is 1.20. The maximum atomic E-state index is 4.46. The number of rotatable bonds is 2. The summed E-state index contributed by atoms with van der Waals surface area (Å²) in [4.78, 5) is 4.46. The molecule has 0 saturated heterocycles. The minimum Gasteiger partial charge on any atom is -0.358 e. The van der Waals surface area contributed by atoms with Gasteiger partial charge in [-0.15, -0.1) is 0 Å². The molecular weight excluding hydrogens is 204 g/mol. The number of benzene rings is 1. The number of nitrogens with zero attached hydrogens (tertiary/aromatic N) is 1. The van der Waals surface area contributed by atoms with Crippen LogP contribution in [0.15, 0.2) is 35.3 Å². The van der Waals surface area contributed by atoms with Gasteiger partial charge in [0.15, 0.2) is 5.17 Å². The average Bonchev–Trinajstić information content (AvgIpc) is 2.31. The maximum Gasteiger partial charge on any atom is 0.157 e. The minimum atomic E-state index is 0.343. The molecule has 1 aromatic rings. The van der Waals surface area contributed by atoms with Crippen LogP contribution in [0, 0.1) is 0 Å². The fraction of sp³-hybridized carbons (Fsp3) is 0.417. The first-order chi connectivity index (χ1) is 7.36. The quantitative estimate of drug-likeness (QED) is 0.829. The largest absolute Gasteiger partial charge is 0.358 e. The van der Waals surface area contributed by atoms with Crippen molar-refractivity contribution < 1.29 is 0 Å². The second kappa shape index (κ2) is 5.21. The zero-order chi connectivity index (χ0) is 10.5. The van der Waals surface area contributed by atoms with Crippen LogP contribution in [0.5, 0.6) is 0 Å². The molecule has 0 spiro atoms. The number of nitrogens with one attached hydrogen (secondary N) is 1. The van der Waals surface area contributed by atoms with Crippen LogP contribution in [-0.2, 0) is 0 Å². The van der Waals surface area contributed by atoms with Gasteiger partial charge in [0.05, 0.1) is 6.04 Å². The normalized spacial score (nSPS) is 18.1. The van der Waals surface area contributed by atoms with E-state index in [0.717, 1.165) is 11.7 Å². The van der Waals surface area contributed by atoms with Crippen molar-refractivity contribution in [2.75, 3.05) is 12.3 Å². The summed E-state index contributed by atoms with van der Waals surface area (Å²) in [5, 5.41) is 4.54. The van der Waals surface area contributed by atoms with Gasteiger partial charge in [0.2, 0.25) is 0 Å². The van der Waals surface area contributed by atoms with E-state index in [9.17, 15) is 0 Å². The summed E-state index contributed by atoms with van der Waals surface area (Å²) in [5.41, 5.74) is 1.31. The average molecular weight is 220 g/mol. The molecule has 0 amide bonds. The van der Waals surface area contributed by atoms with E-state index >= 15 is 0 Å². The van der Waals surface area contributed by atoms with Crippen LogP contribution >= 0.6 is 11.8 Å². The Hall–Kier alpha value is -0.960. The third-order valence-corrected chi connectivity index (χ3v) is 3.45. The zero-order valence-corrected chi connectivity index (χ0v) is 9.76. The molecule has 0 fully saturated rings. The van der Waals surface area contributed by atoms with Crippen LogP contribution in [0.3, 0.4) is 0 Å². The molecule has 80 valence electrons. The monoisotopic (exact) mass is 220 g/mol. The van der Waals surface area contributed by atoms with Gasteiger partial charge < -0.3 is 5.32 Å². The van der Waals surface area contributed by atoms with Gasteiger partial charge in [-0.2, -0.15) is 0 Å². The van der Waals surface area contributed by atoms with Crippen LogP contribution in [0.1, 0.15) is 24.9 Å². The minimum absolute atomic E-state index is 0.343. The molecule has 0 radical (unpaired) electrons. The summed E-state index contributed by atoms with van der Waals surface area (Å²) in [7, 11) is 0. The van der Waals surface area contributed by atoms with Gasteiger partial charge in [0.1, 0.15) is 0 Å². The molecule has 1 aromatic carbocycles. The van der Waals surface area contributed by atoms with E-state index in [1.165, 1.54) is 17.7 Å². The van der Waals surface area contributed by atoms with Crippen molar-refractivity contribution in [3.05, 3.63) is 35.9 Å². The SMILES string of the molecule is CC(NC1=NCCCS1)c1ccccc1. The predicted octanol–water partition coefficient (Wildman–Crippen LogP) is 2.83. The maximum absolute atomic E-state index is 4.46. The Bertz CT molecular complexity index is 335. The van der Waals surface area contributed by atoms with Crippen molar-refractivity contribution in [3.8, 4) is 0 Å². The summed E-state index contributed by atoms with van der Waals surface area (Å²) >= 11 is 1.83. The lowest BCUT2D eigenvalue weighted by atomic mass is 10.1. The highest BCUT2D eigenvalue weighted by molar-refractivity contribution is 8.13. The van der Waals surface area contributed by atoms with E-state index < -0.39 is 0 Å². The Labute approximate surface area is 95.2 Å². The molecule has 1 aliphatic rings. The summed E-state index contributed by atoms with van der Waals surface area (Å²) < 4.78 is 0. The molecule has 2 nitrogen and oxygen atoms in total. The van der Waals surface area contributed by atoms with E-state index in [-0.39, 0.29) is 0 Å². The smallest absolute Gasteiger partial charge is 0.157 e. The molecule has 15 heavy (non-hydrogen) atoms. The van der Waals surface area contributed by atoms with E-state index in [4.69, 9.17) is 0 Å². The lowest BCUT2D eigenvalue weighted by Gasteiger charge is -2.19. The van der Waals surface area contributed by atoms with Gasteiger partial charge in [0.25, 0.3) is 0 Å². The fourth-order valence-corrected chi connectivity index (χ4v) is 2.47. The zero-order valence-electron chi connectivity index (χ0n) is 8.94. The summed E-state index contributed by atoms with van der Waals surface area (Å²) in [5.74, 6) is 1.19. The number of aliphatic imine (C=N–C) groups is 1. The predicted molar refractivity (Wildman–Crippen MR) is 67.4 cm³/mol. The van der Waals surface area contributed by atoms with Crippen molar-refractivity contribution in [1.82, 2.24) is 5.32 Å². The van der Waals surface area contributed by atoms with Gasteiger partial charge in [-0.05, 0) is 18.9 Å². The van der Waals surface area contributed by atoms with Crippen molar-refractivity contribution in [2.24, 2.45) is 4.99 Å². The number of thioether (sulfide) groups is 1. The standard InChI is InChI=1S/C12H16N2S/c1-10(11-6-3-2-4-7-11)14-12-13-8-5-9-15-12/h2-4,6-7,10H,5,8-9H2,1H3,(H,13,14). The van der Waals surface area contributed by atoms with Crippen LogP contribution in [0.25, 0.3) is 0 Å². The lowest BCUT2D eigenvalue weighted by Crippen LogP contribution is -2.26. The third kappa shape index (κ3) is 2.99. The van der Waals surface area contributed by atoms with Crippen molar-refractivity contribution in [3.63, 3.8) is 0 Å². The van der Waals surface area contributed by atoms with Crippen molar-refractivity contribution in [2.45, 2.75) is 19.4 Å². The Morgan fingerprint density at radius 1 is 1.33 bits per heavy atom. The first-order valence-electron chi connectivity index (χ1n) is 5.35. The van der Waals surface area contributed by atoms with E-state index in [0.29, 0.717) is 6.04 Å². The molecule has 0 aromatic heterocycles. The molecule has 1 aliphatic heterocycles. The number of amidine groups is 1. The first kappa shape index (κ1) is 10.6. The summed E-state index contributed by atoms with van der Waals surface area (Å²) in [6, 6.07) is 10.8. The van der Waals surface area contributed by atoms with Crippen molar-refractivity contribution >= 4 is 16.9 Å². The van der Waals surface area contributed by atoms with Crippen LogP contribution < -0.4 is 5.32 Å². The molecule has 3 heteroatoms. The highest BCUT2D eigenvalue weighted by Crippen LogP contribution is 2.16.